The first-order chi connectivity index (χ1) is 11.7. The molecule has 1 fully saturated rings. The Morgan fingerprint density at radius 2 is 1.96 bits per heavy atom. The minimum atomic E-state index is -3.04. The largest absolute Gasteiger partial charge is 0.350 e. The molecule has 0 spiro atoms. The number of rotatable bonds is 6. The van der Waals surface area contributed by atoms with E-state index < -0.39 is 9.84 Å². The van der Waals surface area contributed by atoms with E-state index in [9.17, 15) is 13.2 Å². The molecule has 1 amide bonds. The number of aryl methyl sites for hydroxylation is 2. The van der Waals surface area contributed by atoms with Crippen molar-refractivity contribution in [2.45, 2.75) is 26.7 Å². The van der Waals surface area contributed by atoms with Crippen molar-refractivity contribution in [1.29, 1.82) is 0 Å². The number of amides is 1. The lowest BCUT2D eigenvalue weighted by Crippen LogP contribution is -2.33. The number of H-pyrrole nitrogens is 1. The van der Waals surface area contributed by atoms with Crippen LogP contribution < -0.4 is 5.32 Å². The molecule has 134 valence electrons. The van der Waals surface area contributed by atoms with Crippen molar-refractivity contribution >= 4 is 15.7 Å². The Kier molecular flexibility index (Phi) is 4.45. The Hall–Kier alpha value is -2.15. The molecule has 0 unspecified atom stereocenters. The third-order valence-corrected chi connectivity index (χ3v) is 5.91. The molecule has 0 radical (unpaired) electrons. The van der Waals surface area contributed by atoms with Crippen LogP contribution in [0.4, 0.5) is 0 Å². The number of hydrogen-bond acceptors (Lipinski definition) is 4. The fraction of sp³-hybridized carbons (Fsp3) is 0.444. The average Bonchev–Trinajstić information content (AvgIpc) is 3.09. The number of aromatic nitrogens is 2. The van der Waals surface area contributed by atoms with E-state index in [1.807, 2.05) is 32.0 Å². The highest BCUT2D eigenvalue weighted by Gasteiger charge is 2.45. The first-order valence-electron chi connectivity index (χ1n) is 8.26. The van der Waals surface area contributed by atoms with Gasteiger partial charge in [-0.05, 0) is 49.9 Å². The Bertz CT molecular complexity index is 911. The van der Waals surface area contributed by atoms with Crippen LogP contribution in [0.25, 0.3) is 11.3 Å². The lowest BCUT2D eigenvalue weighted by Gasteiger charge is -2.14. The third kappa shape index (κ3) is 4.28. The SMILES string of the molecule is Cc1ccc(-c2cc(C(=O)NCC3(CS(C)(=O)=O)CC3)[nH]n2)cc1C. The number of sulfone groups is 1. The fourth-order valence-corrected chi connectivity index (χ4v) is 4.46. The Balaban J connectivity index is 1.66. The molecule has 1 aromatic carbocycles. The van der Waals surface area contributed by atoms with E-state index >= 15 is 0 Å². The molecule has 2 aromatic rings. The van der Waals surface area contributed by atoms with Crippen LogP contribution in [0, 0.1) is 19.3 Å². The molecule has 0 bridgehead atoms. The number of benzene rings is 1. The van der Waals surface area contributed by atoms with E-state index in [1.165, 1.54) is 17.4 Å². The highest BCUT2D eigenvalue weighted by molar-refractivity contribution is 7.90. The van der Waals surface area contributed by atoms with Crippen molar-refractivity contribution in [2.75, 3.05) is 18.6 Å². The van der Waals surface area contributed by atoms with E-state index in [2.05, 4.69) is 15.5 Å². The molecular weight excluding hydrogens is 338 g/mol. The molecule has 3 rings (SSSR count). The molecule has 1 saturated carbocycles. The second-order valence-electron chi connectivity index (χ2n) is 7.22. The molecule has 0 aliphatic heterocycles. The number of aromatic amines is 1. The summed E-state index contributed by atoms with van der Waals surface area (Å²) in [6.45, 7) is 4.46. The van der Waals surface area contributed by atoms with Gasteiger partial charge < -0.3 is 5.32 Å². The molecule has 2 N–H and O–H groups in total. The zero-order chi connectivity index (χ0) is 18.2. The van der Waals surface area contributed by atoms with E-state index in [0.29, 0.717) is 17.9 Å². The average molecular weight is 361 g/mol. The smallest absolute Gasteiger partial charge is 0.269 e. The molecule has 25 heavy (non-hydrogen) atoms. The summed E-state index contributed by atoms with van der Waals surface area (Å²) in [6.07, 6.45) is 2.90. The highest BCUT2D eigenvalue weighted by Crippen LogP contribution is 2.46. The molecule has 0 saturated heterocycles. The Morgan fingerprint density at radius 1 is 1.24 bits per heavy atom. The van der Waals surface area contributed by atoms with Gasteiger partial charge in [0.1, 0.15) is 15.5 Å². The number of hydrogen-bond donors (Lipinski definition) is 2. The second kappa shape index (κ2) is 6.29. The fourth-order valence-electron chi connectivity index (χ4n) is 2.95. The van der Waals surface area contributed by atoms with E-state index in [1.54, 1.807) is 6.07 Å². The third-order valence-electron chi connectivity index (χ3n) is 4.77. The molecule has 1 aromatic heterocycles. The van der Waals surface area contributed by atoms with Gasteiger partial charge >= 0.3 is 0 Å². The van der Waals surface area contributed by atoms with Crippen LogP contribution >= 0.6 is 0 Å². The maximum Gasteiger partial charge on any atom is 0.269 e. The standard InChI is InChI=1S/C18H23N3O3S/c1-12-4-5-14(8-13(12)2)15-9-16(21-20-15)17(22)19-10-18(6-7-18)11-25(3,23)24/h4-5,8-9H,6-7,10-11H2,1-3H3,(H,19,22)(H,20,21). The van der Waals surface area contributed by atoms with Crippen LogP contribution in [-0.2, 0) is 9.84 Å². The number of nitrogens with one attached hydrogen (secondary N) is 2. The Morgan fingerprint density at radius 3 is 2.56 bits per heavy atom. The summed E-state index contributed by atoms with van der Waals surface area (Å²) in [5, 5.41) is 9.81. The summed E-state index contributed by atoms with van der Waals surface area (Å²) in [4.78, 5) is 12.3. The van der Waals surface area contributed by atoms with Crippen molar-refractivity contribution in [3.63, 3.8) is 0 Å². The molecule has 1 aliphatic carbocycles. The van der Waals surface area contributed by atoms with Gasteiger partial charge in [0.15, 0.2) is 0 Å². The second-order valence-corrected chi connectivity index (χ2v) is 9.36. The van der Waals surface area contributed by atoms with Crippen molar-refractivity contribution in [3.8, 4) is 11.3 Å². The van der Waals surface area contributed by atoms with E-state index in [4.69, 9.17) is 0 Å². The number of carbonyl (C=O) groups is 1. The summed E-state index contributed by atoms with van der Waals surface area (Å²) in [6, 6.07) is 7.76. The molecule has 6 nitrogen and oxygen atoms in total. The maximum absolute atomic E-state index is 12.3. The van der Waals surface area contributed by atoms with Gasteiger partial charge in [0, 0.05) is 23.8 Å². The molecule has 7 heteroatoms. The van der Waals surface area contributed by atoms with Gasteiger partial charge in [0.25, 0.3) is 5.91 Å². The van der Waals surface area contributed by atoms with Gasteiger partial charge in [-0.2, -0.15) is 5.10 Å². The Labute approximate surface area is 148 Å². The van der Waals surface area contributed by atoms with Crippen LogP contribution in [-0.4, -0.2) is 43.1 Å². The van der Waals surface area contributed by atoms with Gasteiger partial charge in [-0.1, -0.05) is 12.1 Å². The predicted octanol–water partition coefficient (Wildman–Crippen LogP) is 2.25. The molecule has 1 heterocycles. The first-order valence-corrected chi connectivity index (χ1v) is 10.3. The molecular formula is C18H23N3O3S. The zero-order valence-corrected chi connectivity index (χ0v) is 15.5. The van der Waals surface area contributed by atoms with E-state index in [0.717, 1.165) is 18.4 Å². The first kappa shape index (κ1) is 17.7. The number of carbonyl (C=O) groups excluding carboxylic acids is 1. The lowest BCUT2D eigenvalue weighted by molar-refractivity contribution is 0.0941. The predicted molar refractivity (Wildman–Crippen MR) is 97.2 cm³/mol. The summed E-state index contributed by atoms with van der Waals surface area (Å²) >= 11 is 0. The van der Waals surface area contributed by atoms with Gasteiger partial charge in [-0.25, -0.2) is 8.42 Å². The quantitative estimate of drug-likeness (QED) is 0.825. The van der Waals surface area contributed by atoms with Crippen LogP contribution in [0.15, 0.2) is 24.3 Å². The van der Waals surface area contributed by atoms with Crippen LogP contribution in [0.5, 0.6) is 0 Å². The van der Waals surface area contributed by atoms with Crippen LogP contribution in [0.1, 0.15) is 34.5 Å². The maximum atomic E-state index is 12.3. The molecule has 0 atom stereocenters. The van der Waals surface area contributed by atoms with Crippen molar-refractivity contribution in [2.24, 2.45) is 5.41 Å². The van der Waals surface area contributed by atoms with Gasteiger partial charge in [-0.15, -0.1) is 0 Å². The van der Waals surface area contributed by atoms with Crippen LogP contribution in [0.3, 0.4) is 0 Å². The van der Waals surface area contributed by atoms with Crippen molar-refractivity contribution < 1.29 is 13.2 Å². The summed E-state index contributed by atoms with van der Waals surface area (Å²) < 4.78 is 23.0. The van der Waals surface area contributed by atoms with Gasteiger partial charge in [-0.3, -0.25) is 9.89 Å². The topological polar surface area (TPSA) is 91.9 Å². The normalized spacial score (nSPS) is 15.8. The van der Waals surface area contributed by atoms with E-state index in [-0.39, 0.29) is 17.1 Å². The molecule has 1 aliphatic rings. The highest BCUT2D eigenvalue weighted by atomic mass is 32.2. The van der Waals surface area contributed by atoms with Gasteiger partial charge in [0.05, 0.1) is 11.4 Å². The van der Waals surface area contributed by atoms with Crippen molar-refractivity contribution in [3.05, 3.63) is 41.1 Å². The van der Waals surface area contributed by atoms with Crippen molar-refractivity contribution in [1.82, 2.24) is 15.5 Å². The summed E-state index contributed by atoms with van der Waals surface area (Å²) in [7, 11) is -3.04. The summed E-state index contributed by atoms with van der Waals surface area (Å²) in [5.74, 6) is -0.140. The monoisotopic (exact) mass is 361 g/mol. The van der Waals surface area contributed by atoms with Gasteiger partial charge in [0.2, 0.25) is 0 Å². The van der Waals surface area contributed by atoms with Crippen LogP contribution in [0.2, 0.25) is 0 Å². The summed E-state index contributed by atoms with van der Waals surface area (Å²) in [5.41, 5.74) is 4.13. The number of nitrogens with zero attached hydrogens (tertiary/aromatic N) is 1. The zero-order valence-electron chi connectivity index (χ0n) is 14.7. The minimum absolute atomic E-state index is 0.122. The minimum Gasteiger partial charge on any atom is -0.350 e. The lowest BCUT2D eigenvalue weighted by atomic mass is 10.0.